The van der Waals surface area contributed by atoms with Gasteiger partial charge < -0.3 is 5.32 Å². The van der Waals surface area contributed by atoms with Gasteiger partial charge in [-0.2, -0.15) is 10.2 Å². The first-order chi connectivity index (χ1) is 12.5. The summed E-state index contributed by atoms with van der Waals surface area (Å²) in [5.41, 5.74) is 1.53. The summed E-state index contributed by atoms with van der Waals surface area (Å²) in [6.45, 7) is 3.78. The normalized spacial score (nSPS) is 14.1. The third kappa shape index (κ3) is 3.07. The van der Waals surface area contributed by atoms with E-state index in [1.807, 2.05) is 19.9 Å². The lowest BCUT2D eigenvalue weighted by Gasteiger charge is -2.11. The maximum atomic E-state index is 12.8. The molecule has 0 atom stereocenters. The van der Waals surface area contributed by atoms with E-state index in [2.05, 4.69) is 25.5 Å². The zero-order valence-electron chi connectivity index (χ0n) is 14.6. The van der Waals surface area contributed by atoms with Crippen LogP contribution in [-0.4, -0.2) is 35.3 Å². The van der Waals surface area contributed by atoms with Crippen molar-refractivity contribution in [1.82, 2.24) is 29.4 Å². The molecule has 26 heavy (non-hydrogen) atoms. The van der Waals surface area contributed by atoms with Crippen molar-refractivity contribution in [3.8, 4) is 0 Å². The number of amides is 1. The monoisotopic (exact) mass is 353 g/mol. The Morgan fingerprint density at radius 1 is 1.27 bits per heavy atom. The number of rotatable bonds is 5. The van der Waals surface area contributed by atoms with Crippen LogP contribution in [-0.2, 0) is 11.3 Å². The largest absolute Gasteiger partial charge is 0.322 e. The summed E-state index contributed by atoms with van der Waals surface area (Å²) in [6, 6.07) is 1.83. The first kappa shape index (κ1) is 16.4. The number of nitrogens with zero attached hydrogens (tertiary/aromatic N) is 6. The van der Waals surface area contributed by atoms with Gasteiger partial charge in [0.15, 0.2) is 5.82 Å². The zero-order chi connectivity index (χ0) is 18.3. The molecule has 0 aliphatic heterocycles. The Morgan fingerprint density at radius 3 is 2.65 bits per heavy atom. The fourth-order valence-corrected chi connectivity index (χ4v) is 2.82. The minimum absolute atomic E-state index is 0.0573. The lowest BCUT2D eigenvalue weighted by molar-refractivity contribution is -0.117. The van der Waals surface area contributed by atoms with E-state index in [0.717, 1.165) is 18.5 Å². The standard InChI is InChI=1S/C17H19N7O2/c1-10(2)16-22-23(8-15(25)20-12-6-18-9-19-7-12)17(26)14-5-13(11-3-4-11)21-24(14)16/h5-7,9-11H,3-4,8H2,1-2H3,(H,20,25). The van der Waals surface area contributed by atoms with Gasteiger partial charge in [0.25, 0.3) is 5.56 Å². The number of carbonyl (C=O) groups is 1. The second kappa shape index (κ2) is 6.32. The van der Waals surface area contributed by atoms with E-state index in [-0.39, 0.29) is 23.9 Å². The van der Waals surface area contributed by atoms with Crippen LogP contribution >= 0.6 is 0 Å². The summed E-state index contributed by atoms with van der Waals surface area (Å²) in [6.07, 6.45) is 6.56. The smallest absolute Gasteiger partial charge is 0.293 e. The SMILES string of the molecule is CC(C)c1nn(CC(=O)Nc2cncnc2)c(=O)c2cc(C3CC3)nn12. The van der Waals surface area contributed by atoms with Gasteiger partial charge in [-0.05, 0) is 18.9 Å². The van der Waals surface area contributed by atoms with E-state index < -0.39 is 0 Å². The van der Waals surface area contributed by atoms with Crippen LogP contribution in [0.2, 0.25) is 0 Å². The molecule has 1 fully saturated rings. The Hall–Kier alpha value is -3.10. The number of carbonyl (C=O) groups excluding carboxylic acids is 1. The highest BCUT2D eigenvalue weighted by molar-refractivity contribution is 5.90. The molecular weight excluding hydrogens is 334 g/mol. The average molecular weight is 353 g/mol. The van der Waals surface area contributed by atoms with Crippen molar-refractivity contribution in [2.24, 2.45) is 0 Å². The molecule has 9 heteroatoms. The Kier molecular flexibility index (Phi) is 3.98. The van der Waals surface area contributed by atoms with Crippen LogP contribution in [0.3, 0.4) is 0 Å². The quantitative estimate of drug-likeness (QED) is 0.741. The van der Waals surface area contributed by atoms with Gasteiger partial charge in [-0.3, -0.25) is 9.59 Å². The molecule has 9 nitrogen and oxygen atoms in total. The van der Waals surface area contributed by atoms with Gasteiger partial charge >= 0.3 is 0 Å². The van der Waals surface area contributed by atoms with E-state index in [4.69, 9.17) is 0 Å². The number of aromatic nitrogens is 6. The average Bonchev–Trinajstić information content (AvgIpc) is 3.37. The van der Waals surface area contributed by atoms with Gasteiger partial charge in [0.1, 0.15) is 18.4 Å². The van der Waals surface area contributed by atoms with Crippen molar-refractivity contribution < 1.29 is 4.79 Å². The number of hydrogen-bond acceptors (Lipinski definition) is 6. The first-order valence-electron chi connectivity index (χ1n) is 8.58. The van der Waals surface area contributed by atoms with E-state index in [9.17, 15) is 9.59 Å². The van der Waals surface area contributed by atoms with Crippen molar-refractivity contribution in [1.29, 1.82) is 0 Å². The molecule has 1 amide bonds. The lowest BCUT2D eigenvalue weighted by Crippen LogP contribution is -2.32. The molecule has 1 aliphatic carbocycles. The molecule has 3 aromatic rings. The van der Waals surface area contributed by atoms with E-state index >= 15 is 0 Å². The fraction of sp³-hybridized carbons (Fsp3) is 0.412. The van der Waals surface area contributed by atoms with Crippen molar-refractivity contribution in [3.63, 3.8) is 0 Å². The van der Waals surface area contributed by atoms with Crippen molar-refractivity contribution in [3.05, 3.63) is 46.7 Å². The fourth-order valence-electron chi connectivity index (χ4n) is 2.82. The number of anilines is 1. The predicted octanol–water partition coefficient (Wildman–Crippen LogP) is 1.32. The molecular formula is C17H19N7O2. The summed E-state index contributed by atoms with van der Waals surface area (Å²) in [7, 11) is 0. The Morgan fingerprint density at radius 2 is 2.00 bits per heavy atom. The number of nitrogens with one attached hydrogen (secondary N) is 1. The summed E-state index contributed by atoms with van der Waals surface area (Å²) in [5, 5.41) is 11.6. The van der Waals surface area contributed by atoms with E-state index in [1.165, 1.54) is 23.4 Å². The molecule has 0 unspecified atom stereocenters. The molecule has 0 radical (unpaired) electrons. The van der Waals surface area contributed by atoms with Gasteiger partial charge in [0.2, 0.25) is 5.91 Å². The van der Waals surface area contributed by atoms with Crippen LogP contribution in [0.5, 0.6) is 0 Å². The van der Waals surface area contributed by atoms with Crippen LogP contribution in [0.25, 0.3) is 5.52 Å². The Labute approximate surface area is 149 Å². The van der Waals surface area contributed by atoms with E-state index in [1.54, 1.807) is 4.52 Å². The van der Waals surface area contributed by atoms with E-state index in [0.29, 0.717) is 22.9 Å². The van der Waals surface area contributed by atoms with Gasteiger partial charge in [-0.25, -0.2) is 19.2 Å². The number of hydrogen-bond donors (Lipinski definition) is 1. The van der Waals surface area contributed by atoms with Crippen LogP contribution in [0, 0.1) is 0 Å². The Balaban J connectivity index is 1.69. The van der Waals surface area contributed by atoms with Crippen molar-refractivity contribution >= 4 is 17.1 Å². The molecule has 3 aromatic heterocycles. The summed E-state index contributed by atoms with van der Waals surface area (Å²) in [4.78, 5) is 32.8. The topological polar surface area (TPSA) is 107 Å². The van der Waals surface area contributed by atoms with Crippen LogP contribution in [0.1, 0.15) is 50.0 Å². The third-order valence-electron chi connectivity index (χ3n) is 4.27. The molecule has 4 rings (SSSR count). The maximum Gasteiger partial charge on any atom is 0.293 e. The summed E-state index contributed by atoms with van der Waals surface area (Å²) < 4.78 is 2.82. The second-order valence-corrected chi connectivity index (χ2v) is 6.79. The second-order valence-electron chi connectivity index (χ2n) is 6.79. The molecule has 0 saturated heterocycles. The predicted molar refractivity (Wildman–Crippen MR) is 94.0 cm³/mol. The third-order valence-corrected chi connectivity index (χ3v) is 4.27. The Bertz CT molecular complexity index is 1020. The zero-order valence-corrected chi connectivity index (χ0v) is 14.6. The molecule has 1 N–H and O–H groups in total. The molecule has 3 heterocycles. The van der Waals surface area contributed by atoms with Crippen LogP contribution in [0.4, 0.5) is 5.69 Å². The highest BCUT2D eigenvalue weighted by Crippen LogP contribution is 2.39. The molecule has 1 aliphatic rings. The summed E-state index contributed by atoms with van der Waals surface area (Å²) in [5.74, 6) is 0.781. The highest BCUT2D eigenvalue weighted by Gasteiger charge is 2.28. The minimum atomic E-state index is -0.365. The van der Waals surface area contributed by atoms with Crippen LogP contribution < -0.4 is 10.9 Å². The van der Waals surface area contributed by atoms with Gasteiger partial charge in [0, 0.05) is 11.8 Å². The van der Waals surface area contributed by atoms with Gasteiger partial charge in [0.05, 0.1) is 23.8 Å². The van der Waals surface area contributed by atoms with Gasteiger partial charge in [-0.1, -0.05) is 13.8 Å². The van der Waals surface area contributed by atoms with Gasteiger partial charge in [-0.15, -0.1) is 0 Å². The number of fused-ring (bicyclic) bond motifs is 1. The molecule has 0 spiro atoms. The first-order valence-corrected chi connectivity index (χ1v) is 8.58. The molecule has 1 saturated carbocycles. The van der Waals surface area contributed by atoms with Crippen molar-refractivity contribution in [2.45, 2.75) is 45.1 Å². The molecule has 0 aromatic carbocycles. The summed E-state index contributed by atoms with van der Waals surface area (Å²) >= 11 is 0. The van der Waals surface area contributed by atoms with Crippen molar-refractivity contribution in [2.75, 3.05) is 5.32 Å². The highest BCUT2D eigenvalue weighted by atomic mass is 16.2. The molecule has 134 valence electrons. The lowest BCUT2D eigenvalue weighted by atomic mass is 10.2. The maximum absolute atomic E-state index is 12.8. The minimum Gasteiger partial charge on any atom is -0.322 e. The van der Waals surface area contributed by atoms with Crippen LogP contribution in [0.15, 0.2) is 29.6 Å². The molecule has 0 bridgehead atoms.